The molecule has 2 amide bonds. The van der Waals surface area contributed by atoms with E-state index in [1.54, 1.807) is 30.9 Å². The standard InChI is InChI=1S/C19H23FN4O3/c1-11-4-5-14(9-16(11)20)19(26)24-10-15(8-12(24)2)22-17(25)6-7-18-21-13(3)23-27-18/h4-5,9,12,15H,6-8,10H2,1-3H3,(H,22,25). The molecule has 1 saturated heterocycles. The summed E-state index contributed by atoms with van der Waals surface area (Å²) in [7, 11) is 0. The van der Waals surface area contributed by atoms with E-state index < -0.39 is 5.82 Å². The van der Waals surface area contributed by atoms with E-state index in [-0.39, 0.29) is 30.3 Å². The third-order valence-corrected chi connectivity index (χ3v) is 4.76. The van der Waals surface area contributed by atoms with Crippen LogP contribution in [0.3, 0.4) is 0 Å². The van der Waals surface area contributed by atoms with Crippen molar-refractivity contribution < 1.29 is 18.5 Å². The number of likely N-dealkylation sites (tertiary alicyclic amines) is 1. The van der Waals surface area contributed by atoms with Crippen LogP contribution in [0.1, 0.15) is 47.4 Å². The molecule has 1 fully saturated rings. The van der Waals surface area contributed by atoms with Gasteiger partial charge in [0.15, 0.2) is 5.82 Å². The molecule has 144 valence electrons. The fourth-order valence-electron chi connectivity index (χ4n) is 3.27. The van der Waals surface area contributed by atoms with E-state index in [0.717, 1.165) is 0 Å². The summed E-state index contributed by atoms with van der Waals surface area (Å²) in [5, 5.41) is 6.64. The van der Waals surface area contributed by atoms with Gasteiger partial charge in [-0.3, -0.25) is 9.59 Å². The summed E-state index contributed by atoms with van der Waals surface area (Å²) < 4.78 is 18.7. The summed E-state index contributed by atoms with van der Waals surface area (Å²) in [6.45, 7) is 5.71. The zero-order valence-corrected chi connectivity index (χ0v) is 15.7. The average Bonchev–Trinajstić information content (AvgIpc) is 3.20. The summed E-state index contributed by atoms with van der Waals surface area (Å²) in [5.41, 5.74) is 0.825. The van der Waals surface area contributed by atoms with Gasteiger partial charge in [-0.25, -0.2) is 4.39 Å². The molecule has 1 aliphatic rings. The predicted molar refractivity (Wildman–Crippen MR) is 95.5 cm³/mol. The predicted octanol–water partition coefficient (Wildman–Crippen LogP) is 2.18. The molecule has 1 N–H and O–H groups in total. The molecule has 0 saturated carbocycles. The number of hydrogen-bond acceptors (Lipinski definition) is 5. The molecule has 0 aliphatic carbocycles. The minimum Gasteiger partial charge on any atom is -0.351 e. The highest BCUT2D eigenvalue weighted by molar-refractivity contribution is 5.94. The molecular formula is C19H23FN4O3. The summed E-state index contributed by atoms with van der Waals surface area (Å²) >= 11 is 0. The molecule has 0 bridgehead atoms. The van der Waals surface area contributed by atoms with Crippen molar-refractivity contribution in [2.75, 3.05) is 6.54 Å². The van der Waals surface area contributed by atoms with E-state index in [9.17, 15) is 14.0 Å². The second kappa shape index (κ2) is 7.85. The van der Waals surface area contributed by atoms with E-state index in [4.69, 9.17) is 4.52 Å². The summed E-state index contributed by atoms with van der Waals surface area (Å²) in [5.74, 6) is 0.226. The van der Waals surface area contributed by atoms with Crippen LogP contribution in [0.25, 0.3) is 0 Å². The van der Waals surface area contributed by atoms with E-state index in [2.05, 4.69) is 15.5 Å². The molecular weight excluding hydrogens is 351 g/mol. The Kier molecular flexibility index (Phi) is 5.53. The number of aryl methyl sites for hydroxylation is 3. The number of nitrogens with zero attached hydrogens (tertiary/aromatic N) is 3. The Labute approximate surface area is 156 Å². The van der Waals surface area contributed by atoms with Gasteiger partial charge in [0, 0.05) is 37.0 Å². The van der Waals surface area contributed by atoms with Gasteiger partial charge in [-0.2, -0.15) is 4.98 Å². The number of amides is 2. The topological polar surface area (TPSA) is 88.3 Å². The molecule has 2 heterocycles. The van der Waals surface area contributed by atoms with E-state index >= 15 is 0 Å². The maximum absolute atomic E-state index is 13.8. The lowest BCUT2D eigenvalue weighted by Crippen LogP contribution is -2.39. The van der Waals surface area contributed by atoms with E-state index in [0.29, 0.717) is 42.2 Å². The monoisotopic (exact) mass is 374 g/mol. The first kappa shape index (κ1) is 19.0. The average molecular weight is 374 g/mol. The first-order valence-electron chi connectivity index (χ1n) is 8.99. The Hall–Kier alpha value is -2.77. The molecule has 2 aromatic rings. The highest BCUT2D eigenvalue weighted by Crippen LogP contribution is 2.21. The lowest BCUT2D eigenvalue weighted by Gasteiger charge is -2.21. The van der Waals surface area contributed by atoms with Gasteiger partial charge in [0.25, 0.3) is 5.91 Å². The number of hydrogen-bond donors (Lipinski definition) is 1. The van der Waals surface area contributed by atoms with Crippen LogP contribution in [0, 0.1) is 19.7 Å². The Morgan fingerprint density at radius 3 is 2.81 bits per heavy atom. The molecule has 1 aliphatic heterocycles. The van der Waals surface area contributed by atoms with Gasteiger partial charge in [-0.15, -0.1) is 0 Å². The molecule has 1 aromatic carbocycles. The number of nitrogens with one attached hydrogen (secondary N) is 1. The van der Waals surface area contributed by atoms with Crippen molar-refractivity contribution in [1.82, 2.24) is 20.4 Å². The highest BCUT2D eigenvalue weighted by Gasteiger charge is 2.33. The van der Waals surface area contributed by atoms with Crippen molar-refractivity contribution in [3.8, 4) is 0 Å². The van der Waals surface area contributed by atoms with Gasteiger partial charge >= 0.3 is 0 Å². The Morgan fingerprint density at radius 2 is 2.15 bits per heavy atom. The Bertz CT molecular complexity index is 851. The van der Waals surface area contributed by atoms with Crippen molar-refractivity contribution in [3.63, 3.8) is 0 Å². The van der Waals surface area contributed by atoms with Crippen LogP contribution >= 0.6 is 0 Å². The van der Waals surface area contributed by atoms with Crippen LogP contribution < -0.4 is 5.32 Å². The highest BCUT2D eigenvalue weighted by atomic mass is 19.1. The molecule has 0 spiro atoms. The maximum Gasteiger partial charge on any atom is 0.254 e. The van der Waals surface area contributed by atoms with Crippen LogP contribution in [-0.4, -0.2) is 45.5 Å². The van der Waals surface area contributed by atoms with Crippen LogP contribution in [0.15, 0.2) is 22.7 Å². The number of aromatic nitrogens is 2. The minimum atomic E-state index is -0.395. The molecule has 0 radical (unpaired) electrons. The van der Waals surface area contributed by atoms with Crippen molar-refractivity contribution in [1.29, 1.82) is 0 Å². The number of rotatable bonds is 5. The van der Waals surface area contributed by atoms with E-state index in [1.165, 1.54) is 6.07 Å². The molecule has 8 heteroatoms. The zero-order chi connectivity index (χ0) is 19.6. The first-order chi connectivity index (χ1) is 12.8. The second-order valence-electron chi connectivity index (χ2n) is 7.01. The van der Waals surface area contributed by atoms with E-state index in [1.807, 2.05) is 6.92 Å². The summed E-state index contributed by atoms with van der Waals surface area (Å²) in [6.07, 6.45) is 1.27. The third kappa shape index (κ3) is 4.50. The van der Waals surface area contributed by atoms with Crippen LogP contribution in [0.2, 0.25) is 0 Å². The molecule has 2 unspecified atom stereocenters. The number of halogens is 1. The maximum atomic E-state index is 13.8. The van der Waals surface area contributed by atoms with Crippen molar-refractivity contribution in [3.05, 3.63) is 46.9 Å². The van der Waals surface area contributed by atoms with Gasteiger partial charge in [0.05, 0.1) is 0 Å². The second-order valence-corrected chi connectivity index (χ2v) is 7.01. The smallest absolute Gasteiger partial charge is 0.254 e. The van der Waals surface area contributed by atoms with Gasteiger partial charge in [0.1, 0.15) is 5.82 Å². The SMILES string of the molecule is Cc1noc(CCC(=O)NC2CC(C)N(C(=O)c3ccc(C)c(F)c3)C2)n1. The molecule has 1 aromatic heterocycles. The fraction of sp³-hybridized carbons (Fsp3) is 0.474. The first-order valence-corrected chi connectivity index (χ1v) is 8.99. The van der Waals surface area contributed by atoms with Crippen molar-refractivity contribution in [2.45, 2.75) is 52.1 Å². The number of carbonyl (C=O) groups excluding carboxylic acids is 2. The molecule has 2 atom stereocenters. The van der Waals surface area contributed by atoms with Gasteiger partial charge in [0.2, 0.25) is 11.8 Å². The minimum absolute atomic E-state index is 0.0363. The lowest BCUT2D eigenvalue weighted by atomic mass is 10.1. The molecule has 3 rings (SSSR count). The largest absolute Gasteiger partial charge is 0.351 e. The zero-order valence-electron chi connectivity index (χ0n) is 15.7. The fourth-order valence-corrected chi connectivity index (χ4v) is 3.27. The van der Waals surface area contributed by atoms with Crippen LogP contribution in [0.5, 0.6) is 0 Å². The van der Waals surface area contributed by atoms with Gasteiger partial charge in [-0.1, -0.05) is 11.2 Å². The number of benzene rings is 1. The Balaban J connectivity index is 1.54. The lowest BCUT2D eigenvalue weighted by molar-refractivity contribution is -0.121. The van der Waals surface area contributed by atoms with Gasteiger partial charge < -0.3 is 14.7 Å². The normalized spacial score (nSPS) is 19.3. The van der Waals surface area contributed by atoms with Crippen LogP contribution in [-0.2, 0) is 11.2 Å². The number of carbonyl (C=O) groups is 2. The summed E-state index contributed by atoms with van der Waals surface area (Å²) in [4.78, 5) is 30.6. The van der Waals surface area contributed by atoms with Gasteiger partial charge in [-0.05, 0) is 44.9 Å². The van der Waals surface area contributed by atoms with Crippen LogP contribution in [0.4, 0.5) is 4.39 Å². The molecule has 7 nitrogen and oxygen atoms in total. The summed E-state index contributed by atoms with van der Waals surface area (Å²) in [6, 6.07) is 4.33. The quantitative estimate of drug-likeness (QED) is 0.867. The Morgan fingerprint density at radius 1 is 1.37 bits per heavy atom. The van der Waals surface area contributed by atoms with Crippen molar-refractivity contribution >= 4 is 11.8 Å². The van der Waals surface area contributed by atoms with Crippen molar-refractivity contribution in [2.24, 2.45) is 0 Å². The molecule has 27 heavy (non-hydrogen) atoms. The third-order valence-electron chi connectivity index (χ3n) is 4.76.